The van der Waals surface area contributed by atoms with Crippen LogP contribution < -0.4 is 74.8 Å². The van der Waals surface area contributed by atoms with Crippen LogP contribution in [0.2, 0.25) is 5.02 Å². The zero-order valence-electron chi connectivity index (χ0n) is 68.7. The number of thiazole rings is 10. The third-order valence-electron chi connectivity index (χ3n) is 17.1. The first-order chi connectivity index (χ1) is 59.3. The van der Waals surface area contributed by atoms with Gasteiger partial charge in [-0.2, -0.15) is 0 Å². The first-order valence-electron chi connectivity index (χ1n) is 37.3. The van der Waals surface area contributed by atoms with Crippen molar-refractivity contribution in [3.8, 4) is 70.1 Å². The predicted molar refractivity (Wildman–Crippen MR) is 508 cm³/mol. The minimum atomic E-state index is -0.532. The van der Waals surface area contributed by atoms with Gasteiger partial charge < -0.3 is 79.2 Å². The number of furan rings is 1. The second kappa shape index (κ2) is 41.3. The van der Waals surface area contributed by atoms with E-state index >= 15 is 0 Å². The number of methoxy groups -OCH3 is 2. The molecule has 16 rings (SSSR count). The monoisotopic (exact) mass is 1870 g/mol. The van der Waals surface area contributed by atoms with Crippen LogP contribution in [-0.2, 0) is 16.0 Å². The van der Waals surface area contributed by atoms with Gasteiger partial charge in [0.15, 0.2) is 41.5 Å². The van der Waals surface area contributed by atoms with Crippen molar-refractivity contribution in [1.29, 1.82) is 0 Å². The number of anilines is 12. The Kier molecular flexibility index (Phi) is 30.3. The lowest BCUT2D eigenvalue weighted by Gasteiger charge is -2.14. The highest BCUT2D eigenvalue weighted by Crippen LogP contribution is 2.42. The number of fused-ring (bicyclic) bond motifs is 1. The molecule has 0 radical (unpaired) electrons. The number of halogens is 1. The lowest BCUT2D eigenvalue weighted by atomic mass is 10.1. The maximum Gasteiger partial charge on any atom is 0.248 e. The van der Waals surface area contributed by atoms with Crippen LogP contribution in [0.15, 0.2) is 135 Å². The Balaban J connectivity index is 0.000000141. The quantitative estimate of drug-likeness (QED) is 0.0240. The molecule has 0 saturated carbocycles. The minimum Gasteiger partial charge on any atom is -0.495 e. The molecule has 30 nitrogen and oxygen atoms in total. The maximum absolute atomic E-state index is 11.5. The number of nitrogens with two attached hydrogens (primary N) is 5. The number of nitrogens with zero attached hydrogens (tertiary/aromatic N) is 10. The summed E-state index contributed by atoms with van der Waals surface area (Å²) in [5.74, 6) is 1.16. The molecule has 0 bridgehead atoms. The summed E-state index contributed by atoms with van der Waals surface area (Å²) in [6.07, 6.45) is 1.87. The van der Waals surface area contributed by atoms with Crippen LogP contribution in [0.25, 0.3) is 63.8 Å². The SMILES string of the molecule is CC(=O)Nc1nc(C)c(-c2csc(Nc3cc(C(N)=O)ccc3Cl)n2)s1.COc1ccc(C(N)=O)cc1Nc1nc(-c2cnc(N)s2)cs1.COc1ccc(CC(N)=O)cc1Nc1nc(-c2sc(C)nc2C)cs1.Cc1cc2cccc(Nc3nc(-c4sc(C)nc4C)cs3)c2o1.Cc1nc(C)c(-c2csc(Nc3cc(C(N)=O)ccc3OCC(C)C)n2)s1. The van der Waals surface area contributed by atoms with Gasteiger partial charge in [0.25, 0.3) is 0 Å². The van der Waals surface area contributed by atoms with Crippen molar-refractivity contribution in [3.05, 3.63) is 201 Å². The number of hydrogen-bond donors (Lipinski definition) is 11. The van der Waals surface area contributed by atoms with Crippen molar-refractivity contribution < 1.29 is 42.6 Å². The van der Waals surface area contributed by atoms with E-state index in [0.29, 0.717) is 94.2 Å². The summed E-state index contributed by atoms with van der Waals surface area (Å²) in [7, 11) is 3.16. The van der Waals surface area contributed by atoms with Gasteiger partial charge in [0.05, 0.1) is 151 Å². The van der Waals surface area contributed by atoms with E-state index in [-0.39, 0.29) is 18.2 Å². The minimum absolute atomic E-state index is 0.171. The van der Waals surface area contributed by atoms with E-state index in [9.17, 15) is 24.0 Å². The summed E-state index contributed by atoms with van der Waals surface area (Å²) in [6, 6.07) is 28.4. The number of nitrogens with one attached hydrogen (secondary N) is 6. The van der Waals surface area contributed by atoms with Crippen molar-refractivity contribution in [1.82, 2.24) is 49.8 Å². The van der Waals surface area contributed by atoms with Crippen molar-refractivity contribution >= 4 is 230 Å². The average molecular weight is 1870 g/mol. The molecule has 0 aliphatic rings. The number of rotatable bonds is 26. The number of primary amides is 4. The fourth-order valence-corrected chi connectivity index (χ4v) is 20.0. The Bertz CT molecular complexity index is 6520. The molecule has 41 heteroatoms. The van der Waals surface area contributed by atoms with E-state index < -0.39 is 17.7 Å². The molecule has 0 fully saturated rings. The highest BCUT2D eigenvalue weighted by molar-refractivity contribution is 7.21. The molecule has 0 atom stereocenters. The fourth-order valence-electron chi connectivity index (χ4n) is 11.7. The number of para-hydroxylation sites is 1. The summed E-state index contributed by atoms with van der Waals surface area (Å²) in [5.41, 5.74) is 41.4. The first kappa shape index (κ1) is 91.0. The summed E-state index contributed by atoms with van der Waals surface area (Å²) >= 11 is 21.2. The van der Waals surface area contributed by atoms with Gasteiger partial charge in [-0.05, 0) is 146 Å². The third-order valence-corrected chi connectivity index (χ3v) is 26.5. The van der Waals surface area contributed by atoms with E-state index in [1.807, 2.05) is 119 Å². The first-order valence-corrected chi connectivity index (χ1v) is 46.2. The van der Waals surface area contributed by atoms with Crippen LogP contribution in [-0.4, -0.2) is 100 Å². The number of amides is 5. The second-order valence-corrected chi connectivity index (χ2v) is 37.7. The van der Waals surface area contributed by atoms with Crippen molar-refractivity contribution in [2.45, 2.75) is 82.6 Å². The third kappa shape index (κ3) is 24.0. The lowest BCUT2D eigenvalue weighted by molar-refractivity contribution is -0.117. The van der Waals surface area contributed by atoms with Gasteiger partial charge in [0, 0.05) is 62.1 Å². The molecule has 5 amide bonds. The van der Waals surface area contributed by atoms with Gasteiger partial charge in [-0.3, -0.25) is 24.0 Å². The molecular weight excluding hydrogens is 1790 g/mol. The highest BCUT2D eigenvalue weighted by Gasteiger charge is 2.22. The second-order valence-electron chi connectivity index (χ2n) is 27.3. The van der Waals surface area contributed by atoms with E-state index in [1.165, 1.54) is 74.9 Å². The van der Waals surface area contributed by atoms with E-state index in [4.69, 9.17) is 63.9 Å². The number of aromatic nitrogens is 10. The number of nitrogen functional groups attached to an aromatic ring is 1. The van der Waals surface area contributed by atoms with Crippen LogP contribution in [0.1, 0.15) is 101 Å². The number of benzene rings is 5. The van der Waals surface area contributed by atoms with Gasteiger partial charge in [-0.1, -0.05) is 66.3 Å². The number of carbonyl (C=O) groups is 5. The molecule has 124 heavy (non-hydrogen) atoms. The molecular formula is C83H82ClN21O9S10. The smallest absolute Gasteiger partial charge is 0.248 e. The van der Waals surface area contributed by atoms with Crippen molar-refractivity contribution in [2.24, 2.45) is 28.9 Å². The summed E-state index contributed by atoms with van der Waals surface area (Å²) < 4.78 is 22.3. The zero-order valence-corrected chi connectivity index (χ0v) is 77.6. The Morgan fingerprint density at radius 1 is 0.460 bits per heavy atom. The maximum atomic E-state index is 11.5. The van der Waals surface area contributed by atoms with Crippen LogP contribution >= 0.6 is 125 Å². The molecule has 0 saturated heterocycles. The van der Waals surface area contributed by atoms with Gasteiger partial charge in [-0.25, -0.2) is 49.8 Å². The van der Waals surface area contributed by atoms with Gasteiger partial charge >= 0.3 is 0 Å². The number of aryl methyl sites for hydroxylation is 8. The normalized spacial score (nSPS) is 10.8. The van der Waals surface area contributed by atoms with Crippen LogP contribution in [0, 0.1) is 61.3 Å². The fraction of sp³-hybridized carbons (Fsp3) is 0.193. The van der Waals surface area contributed by atoms with Gasteiger partial charge in [0.1, 0.15) is 23.0 Å². The van der Waals surface area contributed by atoms with Crippen molar-refractivity contribution in [2.75, 3.05) is 58.5 Å². The molecule has 5 aromatic carbocycles. The molecule has 0 unspecified atom stereocenters. The Morgan fingerprint density at radius 2 is 0.871 bits per heavy atom. The Hall–Kier alpha value is -12.2. The van der Waals surface area contributed by atoms with Gasteiger partial charge in [-0.15, -0.1) is 90.7 Å². The summed E-state index contributed by atoms with van der Waals surface area (Å²) in [4.78, 5) is 106. The molecule has 16 N–H and O–H groups in total. The molecule has 11 aromatic heterocycles. The zero-order chi connectivity index (χ0) is 88.7. The van der Waals surface area contributed by atoms with E-state index in [0.717, 1.165) is 135 Å². The number of hydrogen-bond acceptors (Lipinski definition) is 35. The molecule has 0 aliphatic carbocycles. The van der Waals surface area contributed by atoms with Crippen molar-refractivity contribution in [3.63, 3.8) is 0 Å². The average Bonchev–Trinajstić information content (AvgIpc) is 1.65. The molecule has 11 heterocycles. The van der Waals surface area contributed by atoms with E-state index in [1.54, 1.807) is 120 Å². The lowest BCUT2D eigenvalue weighted by Crippen LogP contribution is -2.13. The summed E-state index contributed by atoms with van der Waals surface area (Å²) in [5, 5.41) is 37.9. The largest absolute Gasteiger partial charge is 0.495 e. The highest BCUT2D eigenvalue weighted by atomic mass is 35.5. The number of ether oxygens (including phenoxy) is 3. The summed E-state index contributed by atoms with van der Waals surface area (Å²) in [6.45, 7) is 22.0. The van der Waals surface area contributed by atoms with Crippen LogP contribution in [0.5, 0.6) is 17.2 Å². The molecule has 0 spiro atoms. The predicted octanol–water partition coefficient (Wildman–Crippen LogP) is 20.8. The van der Waals surface area contributed by atoms with E-state index in [2.05, 4.69) is 96.0 Å². The Labute approximate surface area is 756 Å². The Morgan fingerprint density at radius 3 is 1.31 bits per heavy atom. The molecule has 0 aliphatic heterocycles. The van der Waals surface area contributed by atoms with Crippen LogP contribution in [0.3, 0.4) is 0 Å². The standard InChI is InChI=1S/C19H22N4O2S2.C17H18N4O2S2.C17H15N3OS2.C16H14ClN5O2S2.C14H13N5O2S2/c1-10(2)8-25-16-6-5-13(18(20)24)7-14(16)22-19-23-15(9-26-19)17-11(3)21-12(4)27-17;1-9-16(25-10(2)19-9)13-8-24-17(21-13)20-12-6-11(7-15(18)22)4-5-14(12)23-3;1-9-7-12-5-4-6-13(15(12)21-9)19-17-20-14(8-22-17)16-10(2)18-11(3)23-16;1-7-13(26-16(19-7)20-8(2)23)12-6-25-15(22-12)21-11-5-9(14(18)24)3-4-10(11)17;1-21-10-3-2-7(12(15)20)4-8(10)18-14-19-9(6-22-14)11-5-17-13(16)23-11/h5-7,9-10H,8H2,1-4H3,(H2,20,24)(H,22,23);4-6,8H,7H2,1-3H3,(H2,18,22)(H,20,21);4-8H,1-3H3,(H,19,20);3-6H,1-2H3,(H2,18,24)(H,21,22)(H,19,20,23);2-6H,1H3,(H2,15,20)(H2,16,17)(H,18,19). The molecule has 16 aromatic rings. The van der Waals surface area contributed by atoms with Crippen LogP contribution in [0.4, 0.5) is 64.4 Å². The molecule has 640 valence electrons. The topological polar surface area (TPSA) is 457 Å². The van der Waals surface area contributed by atoms with Gasteiger partial charge in [0.2, 0.25) is 29.5 Å². The number of carbonyl (C=O) groups excluding carboxylic acids is 5.